The molecule has 6 nitrogen and oxygen atoms in total. The van der Waals surface area contributed by atoms with E-state index in [9.17, 15) is 14.9 Å². The Morgan fingerprint density at radius 1 is 1.21 bits per heavy atom. The number of nitro benzene ring substituents is 1. The molecule has 0 fully saturated rings. The number of benzene rings is 2. The number of methoxy groups -OCH3 is 1. The molecule has 2 aromatic carbocycles. The van der Waals surface area contributed by atoms with Crippen LogP contribution in [0.2, 0.25) is 10.0 Å². The fourth-order valence-electron chi connectivity index (χ4n) is 1.86. The van der Waals surface area contributed by atoms with Gasteiger partial charge in [0.25, 0.3) is 5.69 Å². The van der Waals surface area contributed by atoms with Crippen molar-refractivity contribution >= 4 is 40.4 Å². The molecule has 0 heterocycles. The fraction of sp³-hybridized carbons (Fsp3) is 0.0625. The maximum absolute atomic E-state index is 12.0. The molecule has 0 saturated carbocycles. The number of anilines is 1. The molecule has 0 unspecified atom stereocenters. The van der Waals surface area contributed by atoms with E-state index in [1.165, 1.54) is 49.7 Å². The van der Waals surface area contributed by atoms with Crippen LogP contribution in [0.5, 0.6) is 5.75 Å². The van der Waals surface area contributed by atoms with E-state index >= 15 is 0 Å². The van der Waals surface area contributed by atoms with Crippen molar-refractivity contribution in [2.45, 2.75) is 0 Å². The van der Waals surface area contributed by atoms with Gasteiger partial charge in [0, 0.05) is 17.8 Å². The van der Waals surface area contributed by atoms with Crippen LogP contribution in [0.25, 0.3) is 0 Å². The number of hydrogen-bond donors (Lipinski definition) is 1. The van der Waals surface area contributed by atoms with Crippen molar-refractivity contribution < 1.29 is 14.5 Å². The monoisotopic (exact) mass is 366 g/mol. The van der Waals surface area contributed by atoms with Crippen LogP contribution in [-0.2, 0) is 0 Å². The third kappa shape index (κ3) is 4.24. The number of rotatable bonds is 6. The Kier molecular flexibility index (Phi) is 5.78. The molecule has 24 heavy (non-hydrogen) atoms. The first-order chi connectivity index (χ1) is 11.4. The Morgan fingerprint density at radius 3 is 2.58 bits per heavy atom. The number of nitrogens with zero attached hydrogens (tertiary/aromatic N) is 1. The summed E-state index contributed by atoms with van der Waals surface area (Å²) in [7, 11) is 1.42. The molecule has 0 amide bonds. The highest BCUT2D eigenvalue weighted by molar-refractivity contribution is 6.42. The second-order valence-corrected chi connectivity index (χ2v) is 5.43. The summed E-state index contributed by atoms with van der Waals surface area (Å²) < 4.78 is 4.95. The molecular formula is C16H12Cl2N2O4. The van der Waals surface area contributed by atoms with Crippen molar-refractivity contribution in [1.29, 1.82) is 0 Å². The van der Waals surface area contributed by atoms with Gasteiger partial charge in [0.1, 0.15) is 11.4 Å². The van der Waals surface area contributed by atoms with Crippen LogP contribution in [0.1, 0.15) is 10.4 Å². The molecule has 2 rings (SSSR count). The van der Waals surface area contributed by atoms with E-state index in [4.69, 9.17) is 27.9 Å². The molecule has 2 aromatic rings. The SMILES string of the molecule is COc1ccc(N/C=C\C(=O)c2ccc(Cl)c(Cl)c2)c([N+](=O)[O-])c1. The smallest absolute Gasteiger partial charge is 0.296 e. The number of ketones is 1. The molecule has 0 aliphatic carbocycles. The quantitative estimate of drug-likeness (QED) is 0.346. The van der Waals surface area contributed by atoms with Crippen LogP contribution in [0.15, 0.2) is 48.7 Å². The Labute approximate surface area is 147 Å². The van der Waals surface area contributed by atoms with Crippen molar-refractivity contribution in [3.8, 4) is 5.75 Å². The molecule has 0 aromatic heterocycles. The lowest BCUT2D eigenvalue weighted by molar-refractivity contribution is -0.384. The van der Waals surface area contributed by atoms with Gasteiger partial charge < -0.3 is 10.1 Å². The number of allylic oxidation sites excluding steroid dienone is 1. The highest BCUT2D eigenvalue weighted by atomic mass is 35.5. The maximum atomic E-state index is 12.0. The lowest BCUT2D eigenvalue weighted by Gasteiger charge is -2.05. The van der Waals surface area contributed by atoms with Crippen molar-refractivity contribution in [2.75, 3.05) is 12.4 Å². The van der Waals surface area contributed by atoms with Gasteiger partial charge in [0.05, 0.1) is 28.1 Å². The minimum Gasteiger partial charge on any atom is -0.496 e. The molecule has 0 saturated heterocycles. The molecule has 124 valence electrons. The number of nitrogens with one attached hydrogen (secondary N) is 1. The van der Waals surface area contributed by atoms with Crippen LogP contribution in [0.3, 0.4) is 0 Å². The lowest BCUT2D eigenvalue weighted by atomic mass is 10.1. The molecule has 8 heteroatoms. The number of carbonyl (C=O) groups excluding carboxylic acids is 1. The van der Waals surface area contributed by atoms with Gasteiger partial charge in [-0.05, 0) is 30.3 Å². The first kappa shape index (κ1) is 17.8. The molecule has 0 radical (unpaired) electrons. The van der Waals surface area contributed by atoms with Crippen LogP contribution in [0.4, 0.5) is 11.4 Å². The highest BCUT2D eigenvalue weighted by Gasteiger charge is 2.14. The van der Waals surface area contributed by atoms with Gasteiger partial charge in [-0.1, -0.05) is 23.2 Å². The van der Waals surface area contributed by atoms with Crippen LogP contribution >= 0.6 is 23.2 Å². The summed E-state index contributed by atoms with van der Waals surface area (Å²) in [5.41, 5.74) is 0.423. The molecule has 0 spiro atoms. The summed E-state index contributed by atoms with van der Waals surface area (Å²) in [5.74, 6) is 0.0420. The lowest BCUT2D eigenvalue weighted by Crippen LogP contribution is -1.99. The number of hydrogen-bond acceptors (Lipinski definition) is 5. The Balaban J connectivity index is 2.15. The number of nitro groups is 1. The van der Waals surface area contributed by atoms with Crippen LogP contribution in [0, 0.1) is 10.1 Å². The van der Waals surface area contributed by atoms with Gasteiger partial charge in [-0.25, -0.2) is 0 Å². The van der Waals surface area contributed by atoms with Crippen molar-refractivity contribution in [3.63, 3.8) is 0 Å². The first-order valence-corrected chi connectivity index (χ1v) is 7.43. The molecule has 0 atom stereocenters. The summed E-state index contributed by atoms with van der Waals surface area (Å²) in [6, 6.07) is 8.86. The molecule has 0 bridgehead atoms. The molecular weight excluding hydrogens is 355 g/mol. The third-order valence-corrected chi connectivity index (χ3v) is 3.82. The summed E-state index contributed by atoms with van der Waals surface area (Å²) in [5, 5.41) is 14.4. The van der Waals surface area contributed by atoms with Crippen molar-refractivity contribution in [3.05, 3.63) is 74.4 Å². The first-order valence-electron chi connectivity index (χ1n) is 6.67. The average Bonchev–Trinajstić information content (AvgIpc) is 2.57. The normalized spacial score (nSPS) is 10.6. The number of ether oxygens (including phenoxy) is 1. The summed E-state index contributed by atoms with van der Waals surface area (Å²) >= 11 is 11.7. The predicted octanol–water partition coefficient (Wildman–Crippen LogP) is 4.72. The van der Waals surface area contributed by atoms with Gasteiger partial charge in [-0.15, -0.1) is 0 Å². The van der Waals surface area contributed by atoms with E-state index in [1.54, 1.807) is 6.07 Å². The fourth-order valence-corrected chi connectivity index (χ4v) is 2.16. The average molecular weight is 367 g/mol. The molecule has 0 aliphatic heterocycles. The van der Waals surface area contributed by atoms with Gasteiger partial charge in [0.2, 0.25) is 0 Å². The van der Waals surface area contributed by atoms with Gasteiger partial charge in [0.15, 0.2) is 5.78 Å². The van der Waals surface area contributed by atoms with E-state index in [2.05, 4.69) is 5.32 Å². The van der Waals surface area contributed by atoms with E-state index in [0.29, 0.717) is 16.3 Å². The molecule has 1 N–H and O–H groups in total. The van der Waals surface area contributed by atoms with Gasteiger partial charge >= 0.3 is 0 Å². The van der Waals surface area contributed by atoms with E-state index in [0.717, 1.165) is 0 Å². The minimum atomic E-state index is -0.542. The zero-order valence-electron chi connectivity index (χ0n) is 12.5. The van der Waals surface area contributed by atoms with Crippen molar-refractivity contribution in [1.82, 2.24) is 0 Å². The summed E-state index contributed by atoms with van der Waals surface area (Å²) in [6.07, 6.45) is 2.56. The number of halogens is 2. The standard InChI is InChI=1S/C16H12Cl2N2O4/c1-24-11-3-5-14(15(9-11)20(22)23)19-7-6-16(21)10-2-4-12(17)13(18)8-10/h2-9,19H,1H3/b7-6-. The Hall–Kier alpha value is -2.57. The zero-order valence-corrected chi connectivity index (χ0v) is 14.0. The Morgan fingerprint density at radius 2 is 1.96 bits per heavy atom. The third-order valence-electron chi connectivity index (χ3n) is 3.08. The van der Waals surface area contributed by atoms with Crippen LogP contribution < -0.4 is 10.1 Å². The van der Waals surface area contributed by atoms with E-state index in [-0.39, 0.29) is 22.2 Å². The second-order valence-electron chi connectivity index (χ2n) is 4.61. The largest absolute Gasteiger partial charge is 0.496 e. The topological polar surface area (TPSA) is 81.5 Å². The summed E-state index contributed by atoms with van der Waals surface area (Å²) in [4.78, 5) is 22.6. The van der Waals surface area contributed by atoms with E-state index < -0.39 is 4.92 Å². The molecule has 0 aliphatic rings. The highest BCUT2D eigenvalue weighted by Crippen LogP contribution is 2.29. The van der Waals surface area contributed by atoms with Crippen LogP contribution in [-0.4, -0.2) is 17.8 Å². The Bertz CT molecular complexity index is 822. The minimum absolute atomic E-state index is 0.166. The van der Waals surface area contributed by atoms with E-state index in [1.807, 2.05) is 0 Å². The predicted molar refractivity (Wildman–Crippen MR) is 93.2 cm³/mol. The van der Waals surface area contributed by atoms with Gasteiger partial charge in [-0.3, -0.25) is 14.9 Å². The zero-order chi connectivity index (χ0) is 17.7. The van der Waals surface area contributed by atoms with Gasteiger partial charge in [-0.2, -0.15) is 0 Å². The number of carbonyl (C=O) groups is 1. The van der Waals surface area contributed by atoms with Crippen molar-refractivity contribution in [2.24, 2.45) is 0 Å². The maximum Gasteiger partial charge on any atom is 0.296 e. The summed E-state index contributed by atoms with van der Waals surface area (Å²) in [6.45, 7) is 0. The second kappa shape index (κ2) is 7.81.